The van der Waals surface area contributed by atoms with Crippen LogP contribution >= 0.6 is 0 Å². The predicted molar refractivity (Wildman–Crippen MR) is 104 cm³/mol. The molecule has 2 amide bonds. The van der Waals surface area contributed by atoms with Gasteiger partial charge in [0.25, 0.3) is 0 Å². The molecule has 6 nitrogen and oxygen atoms in total. The number of rotatable bonds is 9. The molecular formula is C20H34N4O2. The van der Waals surface area contributed by atoms with Crippen molar-refractivity contribution >= 4 is 6.03 Å². The molecule has 1 aliphatic heterocycles. The van der Waals surface area contributed by atoms with Gasteiger partial charge in [-0.2, -0.15) is 0 Å². The van der Waals surface area contributed by atoms with Gasteiger partial charge in [-0.3, -0.25) is 0 Å². The van der Waals surface area contributed by atoms with Gasteiger partial charge in [-0.1, -0.05) is 13.0 Å². The summed E-state index contributed by atoms with van der Waals surface area (Å²) in [6.07, 6.45) is 6.57. The van der Waals surface area contributed by atoms with Crippen molar-refractivity contribution in [3.63, 3.8) is 0 Å². The normalized spacial score (nSPS) is 17.9. The molecule has 2 rings (SSSR count). The Hall–Kier alpha value is -1.82. The molecule has 146 valence electrons. The van der Waals surface area contributed by atoms with E-state index >= 15 is 0 Å². The smallest absolute Gasteiger partial charge is 0.315 e. The number of urea groups is 1. The highest BCUT2D eigenvalue weighted by atomic mass is 16.5. The van der Waals surface area contributed by atoms with Crippen LogP contribution in [0.4, 0.5) is 4.79 Å². The highest BCUT2D eigenvalue weighted by molar-refractivity contribution is 5.73. The van der Waals surface area contributed by atoms with Crippen molar-refractivity contribution in [1.29, 1.82) is 0 Å². The third kappa shape index (κ3) is 7.60. The molecule has 1 unspecified atom stereocenters. The fourth-order valence-electron chi connectivity index (χ4n) is 3.28. The summed E-state index contributed by atoms with van der Waals surface area (Å²) >= 11 is 0. The molecule has 1 fully saturated rings. The molecule has 0 saturated carbocycles. The Bertz CT molecular complexity index is 550. The number of pyridine rings is 1. The number of nitrogens with one attached hydrogen (secondary N) is 2. The van der Waals surface area contributed by atoms with Crippen LogP contribution in [0, 0.1) is 5.92 Å². The number of ether oxygens (including phenoxy) is 1. The Morgan fingerprint density at radius 1 is 1.38 bits per heavy atom. The van der Waals surface area contributed by atoms with Crippen LogP contribution in [0.25, 0.3) is 0 Å². The number of hydrogen-bond donors (Lipinski definition) is 2. The van der Waals surface area contributed by atoms with Crippen LogP contribution in [0.5, 0.6) is 5.88 Å². The fourth-order valence-corrected chi connectivity index (χ4v) is 3.28. The summed E-state index contributed by atoms with van der Waals surface area (Å²) in [5.74, 6) is 1.41. The van der Waals surface area contributed by atoms with Crippen LogP contribution < -0.4 is 15.4 Å². The Morgan fingerprint density at radius 2 is 2.23 bits per heavy atom. The van der Waals surface area contributed by atoms with E-state index in [4.69, 9.17) is 4.74 Å². The third-order valence-electron chi connectivity index (χ3n) is 4.56. The van der Waals surface area contributed by atoms with Crippen LogP contribution in [0.2, 0.25) is 0 Å². The van der Waals surface area contributed by atoms with Crippen molar-refractivity contribution in [2.45, 2.75) is 59.1 Å². The molecule has 1 atom stereocenters. The summed E-state index contributed by atoms with van der Waals surface area (Å²) in [4.78, 5) is 18.7. The molecule has 0 radical (unpaired) electrons. The lowest BCUT2D eigenvalue weighted by molar-refractivity contribution is 0.181. The van der Waals surface area contributed by atoms with Crippen molar-refractivity contribution in [2.24, 2.45) is 5.92 Å². The topological polar surface area (TPSA) is 66.5 Å². The average molecular weight is 363 g/mol. The molecule has 1 saturated heterocycles. The Kier molecular flexibility index (Phi) is 8.68. The standard InChI is InChI=1S/C20H34N4O2/c1-16(2)26-19-18(9-6-11-21-19)14-23-20(25)22-10-4-5-12-24-13-7-8-17(3)15-24/h6,9,11,16-17H,4-5,7-8,10,12-15H2,1-3H3,(H2,22,23,25). The summed E-state index contributed by atoms with van der Waals surface area (Å²) in [7, 11) is 0. The van der Waals surface area contributed by atoms with Gasteiger partial charge in [0.15, 0.2) is 0 Å². The first kappa shape index (κ1) is 20.5. The van der Waals surface area contributed by atoms with Crippen molar-refractivity contribution in [1.82, 2.24) is 20.5 Å². The number of carbonyl (C=O) groups is 1. The van der Waals surface area contributed by atoms with E-state index in [1.807, 2.05) is 26.0 Å². The lowest BCUT2D eigenvalue weighted by atomic mass is 10.0. The molecule has 0 aliphatic carbocycles. The second-order valence-corrected chi connectivity index (χ2v) is 7.50. The molecule has 1 aromatic heterocycles. The second-order valence-electron chi connectivity index (χ2n) is 7.50. The van der Waals surface area contributed by atoms with Crippen LogP contribution in [0.15, 0.2) is 18.3 Å². The molecule has 6 heteroatoms. The average Bonchev–Trinajstić information content (AvgIpc) is 2.60. The van der Waals surface area contributed by atoms with Gasteiger partial charge in [-0.05, 0) is 64.6 Å². The van der Waals surface area contributed by atoms with Crippen LogP contribution in [-0.2, 0) is 6.54 Å². The maximum Gasteiger partial charge on any atom is 0.315 e. The quantitative estimate of drug-likeness (QED) is 0.662. The molecule has 0 spiro atoms. The number of carbonyl (C=O) groups excluding carboxylic acids is 1. The highest BCUT2D eigenvalue weighted by Gasteiger charge is 2.15. The number of piperidine rings is 1. The summed E-state index contributed by atoms with van der Waals surface area (Å²) in [5, 5.41) is 5.81. The summed E-state index contributed by atoms with van der Waals surface area (Å²) in [6, 6.07) is 3.63. The van der Waals surface area contributed by atoms with Crippen molar-refractivity contribution < 1.29 is 9.53 Å². The second kappa shape index (κ2) is 11.0. The largest absolute Gasteiger partial charge is 0.475 e. The zero-order valence-corrected chi connectivity index (χ0v) is 16.5. The number of likely N-dealkylation sites (tertiary alicyclic amines) is 1. The van der Waals surface area contributed by atoms with Gasteiger partial charge in [-0.25, -0.2) is 9.78 Å². The maximum atomic E-state index is 12.0. The van der Waals surface area contributed by atoms with Crippen molar-refractivity contribution in [3.05, 3.63) is 23.9 Å². The molecule has 2 heterocycles. The molecule has 0 aromatic carbocycles. The lowest BCUT2D eigenvalue weighted by Crippen LogP contribution is -2.37. The molecule has 1 aliphatic rings. The third-order valence-corrected chi connectivity index (χ3v) is 4.56. The summed E-state index contributed by atoms with van der Waals surface area (Å²) in [6.45, 7) is 11.0. The van der Waals surface area contributed by atoms with E-state index in [0.717, 1.165) is 30.9 Å². The minimum Gasteiger partial charge on any atom is -0.475 e. The Labute approximate surface area is 157 Å². The SMILES string of the molecule is CC1CCCN(CCCCNC(=O)NCc2cccnc2OC(C)C)C1. The van der Waals surface area contributed by atoms with E-state index < -0.39 is 0 Å². The molecule has 26 heavy (non-hydrogen) atoms. The van der Waals surface area contributed by atoms with Crippen molar-refractivity contribution in [3.8, 4) is 5.88 Å². The number of hydrogen-bond acceptors (Lipinski definition) is 4. The summed E-state index contributed by atoms with van der Waals surface area (Å²) < 4.78 is 5.67. The molecule has 1 aromatic rings. The van der Waals surface area contributed by atoms with E-state index in [0.29, 0.717) is 19.0 Å². The number of unbranched alkanes of at least 4 members (excludes halogenated alkanes) is 1. The molecular weight excluding hydrogens is 328 g/mol. The minimum atomic E-state index is -0.143. The van der Waals surface area contributed by atoms with Crippen LogP contribution in [0.3, 0.4) is 0 Å². The minimum absolute atomic E-state index is 0.0559. The fraction of sp³-hybridized carbons (Fsp3) is 0.700. The first-order valence-electron chi connectivity index (χ1n) is 9.89. The lowest BCUT2D eigenvalue weighted by Gasteiger charge is -2.30. The van der Waals surface area contributed by atoms with E-state index in [1.165, 1.54) is 25.9 Å². The van der Waals surface area contributed by atoms with Gasteiger partial charge in [-0.15, -0.1) is 0 Å². The van der Waals surface area contributed by atoms with Gasteiger partial charge < -0.3 is 20.3 Å². The maximum absolute atomic E-state index is 12.0. The zero-order chi connectivity index (χ0) is 18.8. The molecule has 0 bridgehead atoms. The van der Waals surface area contributed by atoms with Gasteiger partial charge >= 0.3 is 6.03 Å². The van der Waals surface area contributed by atoms with Crippen LogP contribution in [0.1, 0.15) is 52.0 Å². The summed E-state index contributed by atoms with van der Waals surface area (Å²) in [5.41, 5.74) is 0.885. The van der Waals surface area contributed by atoms with Gasteiger partial charge in [0.2, 0.25) is 5.88 Å². The monoisotopic (exact) mass is 362 g/mol. The first-order valence-corrected chi connectivity index (χ1v) is 9.89. The Morgan fingerprint density at radius 3 is 3.00 bits per heavy atom. The zero-order valence-electron chi connectivity index (χ0n) is 16.5. The predicted octanol–water partition coefficient (Wildman–Crippen LogP) is 3.18. The highest BCUT2D eigenvalue weighted by Crippen LogP contribution is 2.16. The van der Waals surface area contributed by atoms with E-state index in [9.17, 15) is 4.79 Å². The van der Waals surface area contributed by atoms with E-state index in [2.05, 4.69) is 27.4 Å². The number of nitrogens with zero attached hydrogens (tertiary/aromatic N) is 2. The number of aromatic nitrogens is 1. The van der Waals surface area contributed by atoms with Gasteiger partial charge in [0.1, 0.15) is 0 Å². The van der Waals surface area contributed by atoms with E-state index in [-0.39, 0.29) is 12.1 Å². The Balaban J connectivity index is 1.59. The first-order chi connectivity index (χ1) is 12.5. The van der Waals surface area contributed by atoms with Crippen molar-refractivity contribution in [2.75, 3.05) is 26.2 Å². The number of amides is 2. The van der Waals surface area contributed by atoms with Crippen LogP contribution in [-0.4, -0.2) is 48.2 Å². The molecule has 2 N–H and O–H groups in total. The van der Waals surface area contributed by atoms with Gasteiger partial charge in [0, 0.05) is 31.4 Å². The van der Waals surface area contributed by atoms with Gasteiger partial charge in [0.05, 0.1) is 6.10 Å². The van der Waals surface area contributed by atoms with E-state index in [1.54, 1.807) is 6.20 Å².